The zero-order valence-corrected chi connectivity index (χ0v) is 17.5. The molecule has 0 aliphatic heterocycles. The zero-order valence-electron chi connectivity index (χ0n) is 14.3. The number of allylic oxidation sites excluding steroid dienone is 2. The first-order chi connectivity index (χ1) is 13.8. The lowest BCUT2D eigenvalue weighted by molar-refractivity contribution is 0.104. The van der Waals surface area contributed by atoms with Crippen LogP contribution in [-0.2, 0) is 10.0 Å². The van der Waals surface area contributed by atoms with Gasteiger partial charge in [0.05, 0.1) is 25.6 Å². The molecule has 1 heterocycles. The number of nitrogens with zero attached hydrogens (tertiary/aromatic N) is 3. The summed E-state index contributed by atoms with van der Waals surface area (Å²) in [6, 6.07) is 10.6. The monoisotopic (exact) mass is 464 g/mol. The second kappa shape index (κ2) is 7.75. The number of fused-ring (bicyclic) bond motifs is 1. The van der Waals surface area contributed by atoms with Crippen molar-refractivity contribution in [2.24, 2.45) is 4.40 Å². The number of hydrogen-bond acceptors (Lipinski definition) is 6. The average Bonchev–Trinajstić information content (AvgIpc) is 3.20. The van der Waals surface area contributed by atoms with Crippen molar-refractivity contribution in [3.05, 3.63) is 80.9 Å². The highest BCUT2D eigenvalue weighted by Crippen LogP contribution is 2.33. The quantitative estimate of drug-likeness (QED) is 0.621. The van der Waals surface area contributed by atoms with E-state index in [2.05, 4.69) is 19.6 Å². The Hall–Kier alpha value is -2.46. The summed E-state index contributed by atoms with van der Waals surface area (Å²) in [4.78, 5) is 17.0. The summed E-state index contributed by atoms with van der Waals surface area (Å²) in [7, 11) is -4.10. The maximum Gasteiger partial charge on any atom is 0.282 e. The summed E-state index contributed by atoms with van der Waals surface area (Å²) in [6.45, 7) is 0. The number of nitrogens with one attached hydrogen (secondary N) is 1. The summed E-state index contributed by atoms with van der Waals surface area (Å²) in [6.07, 6.45) is 2.74. The van der Waals surface area contributed by atoms with Crippen LogP contribution in [0.1, 0.15) is 15.9 Å². The molecule has 1 aliphatic rings. The zero-order chi connectivity index (χ0) is 20.6. The summed E-state index contributed by atoms with van der Waals surface area (Å²) in [5, 5.41) is 7.13. The van der Waals surface area contributed by atoms with Crippen LogP contribution in [-0.4, -0.2) is 35.1 Å². The lowest BCUT2D eigenvalue weighted by Crippen LogP contribution is -2.17. The second-order valence-corrected chi connectivity index (χ2v) is 9.25. The van der Waals surface area contributed by atoms with E-state index in [1.807, 2.05) is 0 Å². The minimum atomic E-state index is -4.10. The number of benzene rings is 2. The van der Waals surface area contributed by atoms with Crippen LogP contribution in [0, 0.1) is 0 Å². The Morgan fingerprint density at radius 1 is 1.03 bits per heavy atom. The Balaban J connectivity index is 1.83. The van der Waals surface area contributed by atoms with Gasteiger partial charge in [-0.25, -0.2) is 4.98 Å². The van der Waals surface area contributed by atoms with Gasteiger partial charge in [-0.2, -0.15) is 17.9 Å². The van der Waals surface area contributed by atoms with Crippen LogP contribution in [0.25, 0.3) is 0 Å². The molecule has 11 heteroatoms. The van der Waals surface area contributed by atoms with Gasteiger partial charge in [0.25, 0.3) is 10.0 Å². The highest BCUT2D eigenvalue weighted by atomic mass is 35.5. The molecule has 146 valence electrons. The third-order valence-corrected chi connectivity index (χ3v) is 6.89. The third-order valence-electron chi connectivity index (χ3n) is 3.95. The minimum Gasteiger partial charge on any atom is -0.288 e. The van der Waals surface area contributed by atoms with Gasteiger partial charge in [0.15, 0.2) is 5.16 Å². The standard InChI is InChI=1S/C18H10Cl2N4O3S2/c19-13-6-5-10(7-14(13)20)29(26,27)24-15-8-16(28-18-21-9-22-23-18)17(25)12-4-2-1-3-11(12)15/h1-9H,(H,21,22,23). The van der Waals surface area contributed by atoms with Crippen molar-refractivity contribution in [2.45, 2.75) is 10.1 Å². The fraction of sp³-hybridized carbons (Fsp3) is 0. The van der Waals surface area contributed by atoms with Gasteiger partial charge in [0.2, 0.25) is 5.78 Å². The lowest BCUT2D eigenvalue weighted by Gasteiger charge is -2.16. The average molecular weight is 465 g/mol. The number of carbonyl (C=O) groups excluding carboxylic acids is 1. The van der Waals surface area contributed by atoms with E-state index in [0.29, 0.717) is 16.3 Å². The Kier molecular flexibility index (Phi) is 5.30. The number of aromatic nitrogens is 3. The molecule has 0 amide bonds. The predicted molar refractivity (Wildman–Crippen MR) is 111 cm³/mol. The molecule has 0 radical (unpaired) electrons. The van der Waals surface area contributed by atoms with E-state index in [1.54, 1.807) is 24.3 Å². The van der Waals surface area contributed by atoms with Gasteiger partial charge in [-0.15, -0.1) is 0 Å². The van der Waals surface area contributed by atoms with E-state index in [-0.39, 0.29) is 31.3 Å². The predicted octanol–water partition coefficient (Wildman–Crippen LogP) is 4.16. The van der Waals surface area contributed by atoms with Crippen molar-refractivity contribution in [1.82, 2.24) is 15.2 Å². The highest BCUT2D eigenvalue weighted by molar-refractivity contribution is 8.04. The molecule has 3 aromatic rings. The Bertz CT molecular complexity index is 1290. The van der Waals surface area contributed by atoms with E-state index in [1.165, 1.54) is 30.6 Å². The van der Waals surface area contributed by atoms with Crippen LogP contribution >= 0.6 is 35.0 Å². The van der Waals surface area contributed by atoms with E-state index < -0.39 is 10.0 Å². The Morgan fingerprint density at radius 2 is 1.79 bits per heavy atom. The van der Waals surface area contributed by atoms with Gasteiger partial charge >= 0.3 is 0 Å². The largest absolute Gasteiger partial charge is 0.288 e. The minimum absolute atomic E-state index is 0.101. The van der Waals surface area contributed by atoms with Gasteiger partial charge in [-0.3, -0.25) is 9.89 Å². The van der Waals surface area contributed by atoms with Crippen molar-refractivity contribution in [1.29, 1.82) is 0 Å². The van der Waals surface area contributed by atoms with E-state index in [0.717, 1.165) is 11.8 Å². The van der Waals surface area contributed by atoms with Gasteiger partial charge in [-0.1, -0.05) is 47.5 Å². The van der Waals surface area contributed by atoms with Crippen LogP contribution in [0.3, 0.4) is 0 Å². The Labute approximate surface area is 179 Å². The fourth-order valence-corrected chi connectivity index (χ4v) is 4.79. The van der Waals surface area contributed by atoms with Gasteiger partial charge < -0.3 is 0 Å². The molecule has 1 aliphatic carbocycles. The number of hydrogen-bond donors (Lipinski definition) is 1. The summed E-state index contributed by atoms with van der Waals surface area (Å²) >= 11 is 12.9. The number of carbonyl (C=O) groups is 1. The molecule has 0 atom stereocenters. The Morgan fingerprint density at radius 3 is 2.48 bits per heavy atom. The number of thioether (sulfide) groups is 1. The van der Waals surface area contributed by atoms with Crippen LogP contribution in [0.15, 0.2) is 74.2 Å². The number of sulfonamides is 1. The highest BCUT2D eigenvalue weighted by Gasteiger charge is 2.27. The van der Waals surface area contributed by atoms with Crippen molar-refractivity contribution < 1.29 is 13.2 Å². The van der Waals surface area contributed by atoms with Gasteiger partial charge in [0, 0.05) is 11.1 Å². The number of aromatic amines is 1. The molecule has 0 saturated heterocycles. The maximum absolute atomic E-state index is 12.8. The molecule has 0 spiro atoms. The second-order valence-electron chi connectivity index (χ2n) is 5.80. The summed E-state index contributed by atoms with van der Waals surface area (Å²) in [5.74, 6) is -0.257. The van der Waals surface area contributed by atoms with Gasteiger partial charge in [-0.05, 0) is 36.0 Å². The van der Waals surface area contributed by atoms with Crippen molar-refractivity contribution in [2.75, 3.05) is 0 Å². The first-order valence-electron chi connectivity index (χ1n) is 8.04. The molecule has 29 heavy (non-hydrogen) atoms. The summed E-state index contributed by atoms with van der Waals surface area (Å²) in [5.41, 5.74) is 0.899. The molecule has 4 rings (SSSR count). The van der Waals surface area contributed by atoms with Crippen molar-refractivity contribution >= 4 is 56.5 Å². The lowest BCUT2D eigenvalue weighted by atomic mass is 9.94. The number of Topliss-reactive ketones (excluding diaryl/α,β-unsaturated/α-hetero) is 1. The molecule has 0 bridgehead atoms. The topological polar surface area (TPSA) is 105 Å². The first kappa shape index (κ1) is 19.8. The first-order valence-corrected chi connectivity index (χ1v) is 11.1. The maximum atomic E-state index is 12.8. The molecular formula is C18H10Cl2N4O3S2. The SMILES string of the molecule is O=C1C(Sc2ncn[nH]2)=CC(=NS(=O)(=O)c2ccc(Cl)c(Cl)c2)c2ccccc21. The number of halogens is 2. The smallest absolute Gasteiger partial charge is 0.282 e. The summed E-state index contributed by atoms with van der Waals surface area (Å²) < 4.78 is 29.6. The molecule has 1 N–H and O–H groups in total. The van der Waals surface area contributed by atoms with Crippen LogP contribution < -0.4 is 0 Å². The molecular weight excluding hydrogens is 455 g/mol. The fourth-order valence-electron chi connectivity index (χ4n) is 2.62. The van der Waals surface area contributed by atoms with E-state index in [4.69, 9.17) is 23.2 Å². The molecule has 1 aromatic heterocycles. The molecule has 0 fully saturated rings. The van der Waals surface area contributed by atoms with Crippen LogP contribution in [0.4, 0.5) is 0 Å². The van der Waals surface area contributed by atoms with Gasteiger partial charge in [0.1, 0.15) is 6.33 Å². The van der Waals surface area contributed by atoms with Crippen molar-refractivity contribution in [3.63, 3.8) is 0 Å². The number of rotatable bonds is 4. The molecule has 0 unspecified atom stereocenters. The third kappa shape index (κ3) is 3.99. The number of ketones is 1. The van der Waals surface area contributed by atoms with Crippen LogP contribution in [0.5, 0.6) is 0 Å². The normalized spacial score (nSPS) is 15.3. The molecule has 2 aromatic carbocycles. The van der Waals surface area contributed by atoms with E-state index >= 15 is 0 Å². The molecule has 0 saturated carbocycles. The van der Waals surface area contributed by atoms with Crippen molar-refractivity contribution in [3.8, 4) is 0 Å². The van der Waals surface area contributed by atoms with E-state index in [9.17, 15) is 13.2 Å². The van der Waals surface area contributed by atoms with Crippen LogP contribution in [0.2, 0.25) is 10.0 Å². The number of H-pyrrole nitrogens is 1. The molecule has 7 nitrogen and oxygen atoms in total.